The highest BCUT2D eigenvalue weighted by molar-refractivity contribution is 5.76. The van der Waals surface area contributed by atoms with E-state index in [0.29, 0.717) is 13.0 Å². The third-order valence-corrected chi connectivity index (χ3v) is 3.19. The van der Waals surface area contributed by atoms with Crippen molar-refractivity contribution in [3.63, 3.8) is 0 Å². The van der Waals surface area contributed by atoms with Gasteiger partial charge in [-0.1, -0.05) is 6.07 Å². The molecule has 0 aliphatic carbocycles. The van der Waals surface area contributed by atoms with Gasteiger partial charge in [0, 0.05) is 38.4 Å². The molecule has 0 aliphatic rings. The van der Waals surface area contributed by atoms with Crippen molar-refractivity contribution in [2.24, 2.45) is 0 Å². The molecule has 0 atom stereocenters. The number of hydrogen-bond donors (Lipinski definition) is 1. The first-order valence-electron chi connectivity index (χ1n) is 6.70. The van der Waals surface area contributed by atoms with Crippen LogP contribution in [0.5, 0.6) is 0 Å². The van der Waals surface area contributed by atoms with Crippen LogP contribution in [0.3, 0.4) is 0 Å². The number of nitrogens with zero attached hydrogens (tertiary/aromatic N) is 3. The quantitative estimate of drug-likeness (QED) is 0.864. The minimum atomic E-state index is 0.190. The fraction of sp³-hybridized carbons (Fsp3) is 0.429. The summed E-state index contributed by atoms with van der Waals surface area (Å²) >= 11 is 0. The monoisotopic (exact) mass is 260 g/mol. The van der Waals surface area contributed by atoms with Gasteiger partial charge in [-0.25, -0.2) is 4.98 Å². The summed E-state index contributed by atoms with van der Waals surface area (Å²) in [6, 6.07) is 5.89. The van der Waals surface area contributed by atoms with E-state index in [1.165, 1.54) is 0 Å². The van der Waals surface area contributed by atoms with Crippen molar-refractivity contribution >= 4 is 17.4 Å². The van der Waals surface area contributed by atoms with Crippen LogP contribution in [0.4, 0.5) is 5.82 Å². The zero-order chi connectivity index (χ0) is 13.7. The maximum Gasteiger partial charge on any atom is 0.224 e. The number of hydrogen-bond acceptors (Lipinski definition) is 3. The van der Waals surface area contributed by atoms with E-state index in [9.17, 15) is 4.79 Å². The number of carbonyl (C=O) groups is 1. The maximum absolute atomic E-state index is 11.9. The van der Waals surface area contributed by atoms with Gasteiger partial charge in [0.1, 0.15) is 11.5 Å². The summed E-state index contributed by atoms with van der Waals surface area (Å²) in [5, 5.41) is 3.28. The lowest BCUT2D eigenvalue weighted by Crippen LogP contribution is -2.31. The molecule has 1 N–H and O–H groups in total. The van der Waals surface area contributed by atoms with E-state index in [1.54, 1.807) is 6.20 Å². The van der Waals surface area contributed by atoms with Crippen molar-refractivity contribution < 1.29 is 4.79 Å². The molecule has 1 amide bonds. The zero-order valence-electron chi connectivity index (χ0n) is 11.5. The molecule has 0 saturated heterocycles. The fourth-order valence-corrected chi connectivity index (χ4v) is 2.12. The van der Waals surface area contributed by atoms with Gasteiger partial charge in [0.25, 0.3) is 0 Å². The predicted molar refractivity (Wildman–Crippen MR) is 76.2 cm³/mol. The Morgan fingerprint density at radius 3 is 2.89 bits per heavy atom. The smallest absolute Gasteiger partial charge is 0.224 e. The number of fused-ring (bicyclic) bond motifs is 1. The van der Waals surface area contributed by atoms with Crippen LogP contribution in [0, 0.1) is 0 Å². The van der Waals surface area contributed by atoms with Crippen molar-refractivity contribution in [3.05, 3.63) is 30.6 Å². The van der Waals surface area contributed by atoms with E-state index < -0.39 is 0 Å². The number of amides is 1. The molecule has 2 heterocycles. The van der Waals surface area contributed by atoms with E-state index in [1.807, 2.05) is 47.5 Å². The van der Waals surface area contributed by atoms with Gasteiger partial charge in [-0.15, -0.1) is 0 Å². The molecule has 2 rings (SSSR count). The Hall–Kier alpha value is -2.04. The third-order valence-electron chi connectivity index (χ3n) is 3.19. The molecular formula is C14H20N4O. The van der Waals surface area contributed by atoms with E-state index in [2.05, 4.69) is 10.3 Å². The summed E-state index contributed by atoms with van der Waals surface area (Å²) in [4.78, 5) is 17.9. The SMILES string of the molecule is CCN(CC)C(=O)CCNc1cccc2nccn12. The largest absolute Gasteiger partial charge is 0.371 e. The van der Waals surface area contributed by atoms with Crippen molar-refractivity contribution in [3.8, 4) is 0 Å². The average molecular weight is 260 g/mol. The van der Waals surface area contributed by atoms with Crippen LogP contribution >= 0.6 is 0 Å². The maximum atomic E-state index is 11.9. The van der Waals surface area contributed by atoms with Crippen LogP contribution in [0.2, 0.25) is 0 Å². The molecule has 0 spiro atoms. The van der Waals surface area contributed by atoms with Crippen LogP contribution < -0.4 is 5.32 Å². The minimum absolute atomic E-state index is 0.190. The lowest BCUT2D eigenvalue weighted by atomic mass is 10.3. The van der Waals surface area contributed by atoms with Crippen LogP contribution in [0.15, 0.2) is 30.6 Å². The Kier molecular flexibility index (Phi) is 4.39. The summed E-state index contributed by atoms with van der Waals surface area (Å²) in [6.07, 6.45) is 4.18. The number of anilines is 1. The Morgan fingerprint density at radius 1 is 1.37 bits per heavy atom. The number of pyridine rings is 1. The summed E-state index contributed by atoms with van der Waals surface area (Å²) in [6.45, 7) is 6.17. The van der Waals surface area contributed by atoms with Gasteiger partial charge < -0.3 is 10.2 Å². The molecule has 0 aliphatic heterocycles. The molecule has 5 nitrogen and oxygen atoms in total. The fourth-order valence-electron chi connectivity index (χ4n) is 2.12. The van der Waals surface area contributed by atoms with Crippen LogP contribution in [0.25, 0.3) is 5.65 Å². The molecule has 19 heavy (non-hydrogen) atoms. The van der Waals surface area contributed by atoms with Gasteiger partial charge in [-0.3, -0.25) is 9.20 Å². The van der Waals surface area contributed by atoms with Crippen molar-refractivity contribution in [1.29, 1.82) is 0 Å². The molecule has 0 radical (unpaired) electrons. The first-order chi connectivity index (χ1) is 9.26. The van der Waals surface area contributed by atoms with Crippen molar-refractivity contribution in [1.82, 2.24) is 14.3 Å². The topological polar surface area (TPSA) is 49.6 Å². The molecule has 0 aromatic carbocycles. The van der Waals surface area contributed by atoms with Crippen LogP contribution in [-0.2, 0) is 4.79 Å². The van der Waals surface area contributed by atoms with Gasteiger partial charge in [0.2, 0.25) is 5.91 Å². The number of imidazole rings is 1. The Bertz CT molecular complexity index is 545. The average Bonchev–Trinajstić information content (AvgIpc) is 2.89. The molecule has 2 aromatic heterocycles. The minimum Gasteiger partial charge on any atom is -0.371 e. The van der Waals surface area contributed by atoms with E-state index >= 15 is 0 Å². The summed E-state index contributed by atoms with van der Waals surface area (Å²) in [7, 11) is 0. The first-order valence-corrected chi connectivity index (χ1v) is 6.70. The number of nitrogens with one attached hydrogen (secondary N) is 1. The molecule has 0 unspecified atom stereocenters. The van der Waals surface area contributed by atoms with Crippen LogP contribution in [-0.4, -0.2) is 39.8 Å². The van der Waals surface area contributed by atoms with E-state index in [0.717, 1.165) is 24.6 Å². The molecule has 2 aromatic rings. The van der Waals surface area contributed by atoms with E-state index in [4.69, 9.17) is 0 Å². The van der Waals surface area contributed by atoms with Gasteiger partial charge in [0.15, 0.2) is 0 Å². The highest BCUT2D eigenvalue weighted by Crippen LogP contribution is 2.10. The molecule has 0 fully saturated rings. The predicted octanol–water partition coefficient (Wildman–Crippen LogP) is 2.00. The van der Waals surface area contributed by atoms with Gasteiger partial charge in [-0.2, -0.15) is 0 Å². The Balaban J connectivity index is 1.92. The Labute approximate surface area is 113 Å². The third kappa shape index (κ3) is 3.05. The highest BCUT2D eigenvalue weighted by Gasteiger charge is 2.08. The number of aromatic nitrogens is 2. The van der Waals surface area contributed by atoms with Gasteiger partial charge in [0.05, 0.1) is 0 Å². The lowest BCUT2D eigenvalue weighted by molar-refractivity contribution is -0.130. The normalized spacial score (nSPS) is 10.6. The number of carbonyl (C=O) groups excluding carboxylic acids is 1. The standard InChI is InChI=1S/C14H20N4O/c1-3-17(4-2)14(19)8-9-15-12-6-5-7-13-16-10-11-18(12)13/h5-7,10-11,15H,3-4,8-9H2,1-2H3. The second-order valence-corrected chi connectivity index (χ2v) is 4.31. The second-order valence-electron chi connectivity index (χ2n) is 4.31. The number of rotatable bonds is 6. The summed E-state index contributed by atoms with van der Waals surface area (Å²) in [5.74, 6) is 1.15. The van der Waals surface area contributed by atoms with Crippen molar-refractivity contribution in [2.75, 3.05) is 25.0 Å². The Morgan fingerprint density at radius 2 is 2.16 bits per heavy atom. The molecular weight excluding hydrogens is 240 g/mol. The van der Waals surface area contributed by atoms with Gasteiger partial charge in [-0.05, 0) is 26.0 Å². The second kappa shape index (κ2) is 6.22. The van der Waals surface area contributed by atoms with Crippen molar-refractivity contribution in [2.45, 2.75) is 20.3 Å². The molecule has 0 saturated carbocycles. The van der Waals surface area contributed by atoms with Crippen LogP contribution in [0.1, 0.15) is 20.3 Å². The highest BCUT2D eigenvalue weighted by atomic mass is 16.2. The summed E-state index contributed by atoms with van der Waals surface area (Å²) in [5.41, 5.74) is 0.903. The molecule has 5 heteroatoms. The first kappa shape index (κ1) is 13.4. The molecule has 0 bridgehead atoms. The lowest BCUT2D eigenvalue weighted by Gasteiger charge is -2.18. The molecule has 102 valence electrons. The summed E-state index contributed by atoms with van der Waals surface area (Å²) < 4.78 is 1.97. The zero-order valence-corrected chi connectivity index (χ0v) is 11.5. The van der Waals surface area contributed by atoms with E-state index in [-0.39, 0.29) is 5.91 Å². The van der Waals surface area contributed by atoms with Gasteiger partial charge >= 0.3 is 0 Å².